The van der Waals surface area contributed by atoms with Gasteiger partial charge in [-0.25, -0.2) is 4.39 Å². The minimum Gasteiger partial charge on any atom is -0.380 e. The van der Waals surface area contributed by atoms with Gasteiger partial charge in [0.1, 0.15) is 5.82 Å². The van der Waals surface area contributed by atoms with E-state index in [4.69, 9.17) is 5.26 Å². The Bertz CT molecular complexity index is 517. The minimum atomic E-state index is -0.333. The summed E-state index contributed by atoms with van der Waals surface area (Å²) < 4.78 is 13.9. The standard InChI is InChI=1S/C15H18FN3/c16-13-8-11(10-17)2-3-14(13)19-12-4-7-18-15(9-12)5-1-6-15/h2-3,8,12,18-19H,1,4-7,9H2. The van der Waals surface area contributed by atoms with E-state index in [1.54, 1.807) is 12.1 Å². The van der Waals surface area contributed by atoms with Gasteiger partial charge in [0.25, 0.3) is 0 Å². The Morgan fingerprint density at radius 3 is 2.89 bits per heavy atom. The number of halogens is 1. The highest BCUT2D eigenvalue weighted by atomic mass is 19.1. The molecule has 1 aliphatic carbocycles. The van der Waals surface area contributed by atoms with E-state index >= 15 is 0 Å². The zero-order valence-electron chi connectivity index (χ0n) is 10.9. The first-order valence-electron chi connectivity index (χ1n) is 6.92. The zero-order valence-corrected chi connectivity index (χ0v) is 10.9. The third-order valence-electron chi connectivity index (χ3n) is 4.40. The molecule has 1 saturated carbocycles. The van der Waals surface area contributed by atoms with Crippen molar-refractivity contribution in [1.82, 2.24) is 5.32 Å². The fraction of sp³-hybridized carbons (Fsp3) is 0.533. The predicted octanol–water partition coefficient (Wildman–Crippen LogP) is 2.78. The van der Waals surface area contributed by atoms with Crippen molar-refractivity contribution < 1.29 is 4.39 Å². The Balaban J connectivity index is 1.69. The highest BCUT2D eigenvalue weighted by Crippen LogP contribution is 2.39. The lowest BCUT2D eigenvalue weighted by atomic mass is 9.70. The molecule has 3 nitrogen and oxygen atoms in total. The minimum absolute atomic E-state index is 0.305. The maximum absolute atomic E-state index is 13.9. The Morgan fingerprint density at radius 1 is 1.42 bits per heavy atom. The molecule has 4 heteroatoms. The van der Waals surface area contributed by atoms with Crippen LogP contribution >= 0.6 is 0 Å². The number of nitrogens with one attached hydrogen (secondary N) is 2. The highest BCUT2D eigenvalue weighted by molar-refractivity contribution is 5.49. The lowest BCUT2D eigenvalue weighted by molar-refractivity contribution is 0.135. The molecule has 2 aliphatic rings. The van der Waals surface area contributed by atoms with E-state index in [1.165, 1.54) is 25.3 Å². The number of anilines is 1. The van der Waals surface area contributed by atoms with E-state index in [0.717, 1.165) is 19.4 Å². The number of nitrogens with zero attached hydrogens (tertiary/aromatic N) is 1. The van der Waals surface area contributed by atoms with Crippen LogP contribution in [0.1, 0.15) is 37.7 Å². The molecule has 1 aromatic rings. The average Bonchev–Trinajstić information content (AvgIpc) is 2.39. The van der Waals surface area contributed by atoms with Crippen LogP contribution in [0.5, 0.6) is 0 Å². The van der Waals surface area contributed by atoms with Crippen LogP contribution < -0.4 is 10.6 Å². The first-order chi connectivity index (χ1) is 9.21. The predicted molar refractivity (Wildman–Crippen MR) is 72.3 cm³/mol. The van der Waals surface area contributed by atoms with Crippen molar-refractivity contribution in [3.63, 3.8) is 0 Å². The van der Waals surface area contributed by atoms with Gasteiger partial charge in [-0.1, -0.05) is 0 Å². The topological polar surface area (TPSA) is 47.9 Å². The maximum Gasteiger partial charge on any atom is 0.147 e. The second kappa shape index (κ2) is 4.82. The normalized spacial score (nSPS) is 24.5. The third kappa shape index (κ3) is 2.43. The largest absolute Gasteiger partial charge is 0.380 e. The van der Waals surface area contributed by atoms with Gasteiger partial charge in [0, 0.05) is 11.6 Å². The van der Waals surface area contributed by atoms with Gasteiger partial charge in [0.15, 0.2) is 0 Å². The van der Waals surface area contributed by atoms with E-state index in [9.17, 15) is 4.39 Å². The molecule has 19 heavy (non-hydrogen) atoms. The summed E-state index contributed by atoms with van der Waals surface area (Å²) in [6.07, 6.45) is 5.85. The van der Waals surface area contributed by atoms with Crippen molar-refractivity contribution in [2.75, 3.05) is 11.9 Å². The molecule has 2 N–H and O–H groups in total. The fourth-order valence-corrected chi connectivity index (χ4v) is 3.19. The summed E-state index contributed by atoms with van der Waals surface area (Å²) in [6, 6.07) is 6.90. The quantitative estimate of drug-likeness (QED) is 0.858. The number of rotatable bonds is 2. The Kier molecular flexibility index (Phi) is 3.16. The monoisotopic (exact) mass is 259 g/mol. The molecule has 1 spiro atoms. The average molecular weight is 259 g/mol. The molecule has 100 valence electrons. The van der Waals surface area contributed by atoms with Crippen LogP contribution in [0.3, 0.4) is 0 Å². The van der Waals surface area contributed by atoms with Crippen LogP contribution in [-0.2, 0) is 0 Å². The van der Waals surface area contributed by atoms with Gasteiger partial charge in [-0.05, 0) is 56.8 Å². The molecule has 1 saturated heterocycles. The van der Waals surface area contributed by atoms with E-state index in [-0.39, 0.29) is 5.82 Å². The molecular weight excluding hydrogens is 241 g/mol. The van der Waals surface area contributed by atoms with E-state index < -0.39 is 0 Å². The van der Waals surface area contributed by atoms with Gasteiger partial charge >= 0.3 is 0 Å². The van der Waals surface area contributed by atoms with Crippen molar-refractivity contribution in [3.05, 3.63) is 29.6 Å². The molecule has 1 unspecified atom stereocenters. The zero-order chi connectivity index (χ0) is 13.3. The highest BCUT2D eigenvalue weighted by Gasteiger charge is 2.40. The lowest BCUT2D eigenvalue weighted by Crippen LogP contribution is -2.58. The van der Waals surface area contributed by atoms with Gasteiger partial charge in [-0.2, -0.15) is 5.26 Å². The number of nitriles is 1. The van der Waals surface area contributed by atoms with Crippen LogP contribution in [-0.4, -0.2) is 18.1 Å². The first-order valence-corrected chi connectivity index (χ1v) is 6.92. The molecule has 1 heterocycles. The Hall–Kier alpha value is -1.60. The van der Waals surface area contributed by atoms with Gasteiger partial charge < -0.3 is 10.6 Å². The Morgan fingerprint density at radius 2 is 2.26 bits per heavy atom. The number of piperidine rings is 1. The molecule has 3 rings (SSSR count). The van der Waals surface area contributed by atoms with Crippen LogP contribution in [0.4, 0.5) is 10.1 Å². The molecule has 2 fully saturated rings. The summed E-state index contributed by atoms with van der Waals surface area (Å²) in [6.45, 7) is 0.996. The summed E-state index contributed by atoms with van der Waals surface area (Å²) in [4.78, 5) is 0. The maximum atomic E-state index is 13.9. The number of hydrogen-bond acceptors (Lipinski definition) is 3. The van der Waals surface area contributed by atoms with Gasteiger partial charge in [0.05, 0.1) is 17.3 Å². The number of hydrogen-bond donors (Lipinski definition) is 2. The van der Waals surface area contributed by atoms with E-state index in [0.29, 0.717) is 22.8 Å². The van der Waals surface area contributed by atoms with E-state index in [2.05, 4.69) is 10.6 Å². The molecule has 1 aromatic carbocycles. The van der Waals surface area contributed by atoms with E-state index in [1.807, 2.05) is 6.07 Å². The van der Waals surface area contributed by atoms with Crippen molar-refractivity contribution in [3.8, 4) is 6.07 Å². The lowest BCUT2D eigenvalue weighted by Gasteiger charge is -2.48. The SMILES string of the molecule is N#Cc1ccc(NC2CCNC3(CCC3)C2)c(F)c1. The summed E-state index contributed by atoms with van der Waals surface area (Å²) in [7, 11) is 0. The smallest absolute Gasteiger partial charge is 0.147 e. The molecule has 1 aliphatic heterocycles. The molecule has 1 atom stereocenters. The van der Waals surface area contributed by atoms with Crippen molar-refractivity contribution in [2.24, 2.45) is 0 Å². The van der Waals surface area contributed by atoms with Crippen LogP contribution in [0, 0.1) is 17.1 Å². The second-order valence-corrected chi connectivity index (χ2v) is 5.70. The Labute approximate surface area is 112 Å². The van der Waals surface area contributed by atoms with Crippen molar-refractivity contribution >= 4 is 5.69 Å². The number of benzene rings is 1. The molecule has 0 amide bonds. The van der Waals surface area contributed by atoms with Gasteiger partial charge in [-0.15, -0.1) is 0 Å². The van der Waals surface area contributed by atoms with Gasteiger partial charge in [0.2, 0.25) is 0 Å². The molecule has 0 bridgehead atoms. The van der Waals surface area contributed by atoms with Crippen LogP contribution in [0.2, 0.25) is 0 Å². The fourth-order valence-electron chi connectivity index (χ4n) is 3.19. The first kappa shape index (κ1) is 12.4. The van der Waals surface area contributed by atoms with Gasteiger partial charge in [-0.3, -0.25) is 0 Å². The van der Waals surface area contributed by atoms with Crippen LogP contribution in [0.25, 0.3) is 0 Å². The summed E-state index contributed by atoms with van der Waals surface area (Å²) in [5.41, 5.74) is 1.18. The second-order valence-electron chi connectivity index (χ2n) is 5.70. The molecule has 0 aromatic heterocycles. The third-order valence-corrected chi connectivity index (χ3v) is 4.40. The van der Waals surface area contributed by atoms with Crippen LogP contribution in [0.15, 0.2) is 18.2 Å². The summed E-state index contributed by atoms with van der Waals surface area (Å²) in [5.74, 6) is -0.333. The summed E-state index contributed by atoms with van der Waals surface area (Å²) >= 11 is 0. The molecule has 0 radical (unpaired) electrons. The van der Waals surface area contributed by atoms with Crippen molar-refractivity contribution in [1.29, 1.82) is 5.26 Å². The summed E-state index contributed by atoms with van der Waals surface area (Å²) in [5, 5.41) is 15.6. The molecular formula is C15H18FN3. The van der Waals surface area contributed by atoms with Crippen molar-refractivity contribution in [2.45, 2.75) is 43.7 Å².